The van der Waals surface area contributed by atoms with Crippen LogP contribution in [0.3, 0.4) is 0 Å². The maximum absolute atomic E-state index is 12.1. The second-order valence-corrected chi connectivity index (χ2v) is 6.02. The Hall–Kier alpha value is -1.35. The normalized spacial score (nSPS) is 20.1. The zero-order chi connectivity index (χ0) is 13.9. The Morgan fingerprint density at radius 3 is 2.50 bits per heavy atom. The number of hydrogen-bond acceptors (Lipinski definition) is 3. The molecule has 0 bridgehead atoms. The van der Waals surface area contributed by atoms with Crippen LogP contribution in [0.1, 0.15) is 36.5 Å². The van der Waals surface area contributed by atoms with Crippen molar-refractivity contribution < 1.29 is 4.79 Å². The summed E-state index contributed by atoms with van der Waals surface area (Å²) in [7, 11) is 0. The van der Waals surface area contributed by atoms with Crippen LogP contribution < -0.4 is 4.90 Å². The van der Waals surface area contributed by atoms with Crippen molar-refractivity contribution in [2.45, 2.75) is 26.2 Å². The lowest BCUT2D eigenvalue weighted by Crippen LogP contribution is -2.47. The van der Waals surface area contributed by atoms with Gasteiger partial charge >= 0.3 is 0 Å². The van der Waals surface area contributed by atoms with Crippen molar-refractivity contribution in [3.05, 3.63) is 29.8 Å². The third-order valence-corrected chi connectivity index (χ3v) is 4.45. The minimum atomic E-state index is 0.251. The van der Waals surface area contributed by atoms with Crippen molar-refractivity contribution in [3.63, 3.8) is 0 Å². The third kappa shape index (κ3) is 3.04. The molecule has 0 atom stereocenters. The molecule has 3 rings (SSSR count). The molecule has 20 heavy (non-hydrogen) atoms. The van der Waals surface area contributed by atoms with E-state index in [2.05, 4.69) is 15.9 Å². The highest BCUT2D eigenvalue weighted by atomic mass is 16.1. The predicted molar refractivity (Wildman–Crippen MR) is 82.4 cm³/mol. The summed E-state index contributed by atoms with van der Waals surface area (Å²) in [6.07, 6.45) is 3.43. The highest BCUT2D eigenvalue weighted by Gasteiger charge is 2.27. The summed E-state index contributed by atoms with van der Waals surface area (Å²) in [6.45, 7) is 7.56. The largest absolute Gasteiger partial charge is 0.368 e. The van der Waals surface area contributed by atoms with Gasteiger partial charge in [-0.05, 0) is 30.9 Å². The van der Waals surface area contributed by atoms with Crippen LogP contribution in [0.4, 0.5) is 5.69 Å². The van der Waals surface area contributed by atoms with Crippen LogP contribution in [0.2, 0.25) is 0 Å². The number of piperazine rings is 1. The molecule has 3 heteroatoms. The zero-order valence-corrected chi connectivity index (χ0v) is 12.3. The number of Topliss-reactive ketones (excluding diaryl/α,β-unsaturated/α-hetero) is 1. The van der Waals surface area contributed by atoms with E-state index in [1.165, 1.54) is 19.4 Å². The molecule has 0 N–H and O–H groups in total. The summed E-state index contributed by atoms with van der Waals surface area (Å²) in [5.41, 5.74) is 2.02. The van der Waals surface area contributed by atoms with Crippen molar-refractivity contribution in [1.82, 2.24) is 4.90 Å². The van der Waals surface area contributed by atoms with Crippen LogP contribution in [0.5, 0.6) is 0 Å². The topological polar surface area (TPSA) is 23.6 Å². The number of rotatable bonds is 5. The second-order valence-electron chi connectivity index (χ2n) is 6.02. The first kappa shape index (κ1) is 13.6. The molecule has 1 aliphatic carbocycles. The molecule has 0 aromatic heterocycles. The molecule has 0 radical (unpaired) electrons. The van der Waals surface area contributed by atoms with Gasteiger partial charge in [-0.25, -0.2) is 0 Å². The molecule has 2 fully saturated rings. The Morgan fingerprint density at radius 1 is 1.15 bits per heavy atom. The van der Waals surface area contributed by atoms with Crippen molar-refractivity contribution in [1.29, 1.82) is 0 Å². The smallest absolute Gasteiger partial charge is 0.164 e. The van der Waals surface area contributed by atoms with Gasteiger partial charge in [-0.2, -0.15) is 0 Å². The number of ketones is 1. The Balaban J connectivity index is 1.66. The lowest BCUT2D eigenvalue weighted by Gasteiger charge is -2.37. The van der Waals surface area contributed by atoms with Gasteiger partial charge in [0.25, 0.3) is 0 Å². The SMILES string of the molecule is CCC(=O)c1ccccc1N1CCN(CC2CC2)CC1. The standard InChI is InChI=1S/C17H24N2O/c1-2-17(20)15-5-3-4-6-16(15)19-11-9-18(10-12-19)13-14-7-8-14/h3-6,14H,2,7-13H2,1H3. The highest BCUT2D eigenvalue weighted by Crippen LogP contribution is 2.30. The van der Waals surface area contributed by atoms with E-state index in [0.29, 0.717) is 6.42 Å². The Morgan fingerprint density at radius 2 is 1.85 bits per heavy atom. The Bertz CT molecular complexity index is 474. The lowest BCUT2D eigenvalue weighted by molar-refractivity contribution is 0.0988. The maximum Gasteiger partial charge on any atom is 0.164 e. The fourth-order valence-electron chi connectivity index (χ4n) is 3.01. The molecule has 0 amide bonds. The van der Waals surface area contributed by atoms with Gasteiger partial charge in [0.15, 0.2) is 5.78 Å². The fourth-order valence-corrected chi connectivity index (χ4v) is 3.01. The van der Waals surface area contributed by atoms with E-state index in [1.54, 1.807) is 0 Å². The number of anilines is 1. The van der Waals surface area contributed by atoms with E-state index in [-0.39, 0.29) is 5.78 Å². The molecule has 108 valence electrons. The summed E-state index contributed by atoms with van der Waals surface area (Å²) >= 11 is 0. The van der Waals surface area contributed by atoms with Crippen LogP contribution >= 0.6 is 0 Å². The van der Waals surface area contributed by atoms with Crippen molar-refractivity contribution in [2.24, 2.45) is 5.92 Å². The average Bonchev–Trinajstić information content (AvgIpc) is 3.31. The molecule has 1 heterocycles. The summed E-state index contributed by atoms with van der Waals surface area (Å²) < 4.78 is 0. The van der Waals surface area contributed by atoms with Gasteiger partial charge in [0.1, 0.15) is 0 Å². The van der Waals surface area contributed by atoms with Crippen molar-refractivity contribution >= 4 is 11.5 Å². The van der Waals surface area contributed by atoms with E-state index in [9.17, 15) is 4.79 Å². The quantitative estimate of drug-likeness (QED) is 0.770. The van der Waals surface area contributed by atoms with Gasteiger partial charge in [-0.3, -0.25) is 9.69 Å². The predicted octanol–water partition coefficient (Wildman–Crippen LogP) is 2.81. The third-order valence-electron chi connectivity index (χ3n) is 4.45. The minimum absolute atomic E-state index is 0.251. The summed E-state index contributed by atoms with van der Waals surface area (Å²) in [4.78, 5) is 17.0. The van der Waals surface area contributed by atoms with E-state index in [4.69, 9.17) is 0 Å². The molecule has 2 aliphatic rings. The number of carbonyl (C=O) groups is 1. The first-order valence-electron chi connectivity index (χ1n) is 7.87. The van der Waals surface area contributed by atoms with Crippen molar-refractivity contribution in [3.8, 4) is 0 Å². The van der Waals surface area contributed by atoms with Crippen LogP contribution in [0.25, 0.3) is 0 Å². The average molecular weight is 272 g/mol. The monoisotopic (exact) mass is 272 g/mol. The molecule has 0 unspecified atom stereocenters. The van der Waals surface area contributed by atoms with Crippen molar-refractivity contribution in [2.75, 3.05) is 37.6 Å². The first-order chi connectivity index (χ1) is 9.78. The summed E-state index contributed by atoms with van der Waals surface area (Å²) in [5, 5.41) is 0. The van der Waals surface area contributed by atoms with Gasteiger partial charge in [0.05, 0.1) is 0 Å². The highest BCUT2D eigenvalue weighted by molar-refractivity contribution is 6.01. The Kier molecular flexibility index (Phi) is 4.06. The minimum Gasteiger partial charge on any atom is -0.368 e. The second kappa shape index (κ2) is 5.96. The van der Waals surface area contributed by atoms with Crippen LogP contribution in [-0.2, 0) is 0 Å². The molecule has 1 aromatic carbocycles. The van der Waals surface area contributed by atoms with Crippen LogP contribution in [0.15, 0.2) is 24.3 Å². The van der Waals surface area contributed by atoms with E-state index < -0.39 is 0 Å². The molecule has 1 saturated carbocycles. The molecule has 1 aromatic rings. The maximum atomic E-state index is 12.1. The van der Waals surface area contributed by atoms with E-state index in [1.807, 2.05) is 25.1 Å². The lowest BCUT2D eigenvalue weighted by atomic mass is 10.1. The fraction of sp³-hybridized carbons (Fsp3) is 0.588. The van der Waals surface area contributed by atoms with E-state index >= 15 is 0 Å². The number of carbonyl (C=O) groups excluding carboxylic acids is 1. The first-order valence-corrected chi connectivity index (χ1v) is 7.87. The van der Waals surface area contributed by atoms with Gasteiger partial charge < -0.3 is 4.90 Å². The number of hydrogen-bond donors (Lipinski definition) is 0. The molecule has 1 saturated heterocycles. The summed E-state index contributed by atoms with van der Waals surface area (Å²) in [5.74, 6) is 1.22. The van der Waals surface area contributed by atoms with Gasteiger partial charge in [0.2, 0.25) is 0 Å². The van der Waals surface area contributed by atoms with Gasteiger partial charge in [0, 0.05) is 50.4 Å². The van der Waals surface area contributed by atoms with Gasteiger partial charge in [-0.15, -0.1) is 0 Å². The molecule has 3 nitrogen and oxygen atoms in total. The van der Waals surface area contributed by atoms with Crippen LogP contribution in [0, 0.1) is 5.92 Å². The molecular formula is C17H24N2O. The van der Waals surface area contributed by atoms with E-state index in [0.717, 1.165) is 43.3 Å². The molecule has 1 aliphatic heterocycles. The Labute approximate surface area is 121 Å². The molecule has 0 spiro atoms. The number of nitrogens with zero attached hydrogens (tertiary/aromatic N) is 2. The summed E-state index contributed by atoms with van der Waals surface area (Å²) in [6, 6.07) is 8.07. The van der Waals surface area contributed by atoms with Gasteiger partial charge in [-0.1, -0.05) is 19.1 Å². The molecular weight excluding hydrogens is 248 g/mol. The zero-order valence-electron chi connectivity index (χ0n) is 12.3. The van der Waals surface area contributed by atoms with Crippen LogP contribution in [-0.4, -0.2) is 43.4 Å². The number of benzene rings is 1. The number of para-hydroxylation sites is 1.